The van der Waals surface area contributed by atoms with Gasteiger partial charge < -0.3 is 10.6 Å². The van der Waals surface area contributed by atoms with E-state index in [9.17, 15) is 23.2 Å². The SMILES string of the molecule is CCC(C)(C)NC(=O)CN1C(=O)NC(C)(c2cc(F)ccc2F)C1=O. The predicted octanol–water partition coefficient (Wildman–Crippen LogP) is 2.04. The smallest absolute Gasteiger partial charge is 0.325 e. The number of carbonyl (C=O) groups excluding carboxylic acids is 3. The van der Waals surface area contributed by atoms with E-state index in [-0.39, 0.29) is 5.56 Å². The predicted molar refractivity (Wildman–Crippen MR) is 86.5 cm³/mol. The largest absolute Gasteiger partial charge is 0.350 e. The maximum atomic E-state index is 14.1. The third-order valence-electron chi connectivity index (χ3n) is 4.41. The van der Waals surface area contributed by atoms with Gasteiger partial charge in [0, 0.05) is 11.1 Å². The van der Waals surface area contributed by atoms with Gasteiger partial charge in [0.15, 0.2) is 0 Å². The van der Waals surface area contributed by atoms with Gasteiger partial charge in [0.1, 0.15) is 23.7 Å². The summed E-state index contributed by atoms with van der Waals surface area (Å²) in [5, 5.41) is 5.06. The Bertz CT molecular complexity index is 736. The van der Waals surface area contributed by atoms with Gasteiger partial charge in [0.05, 0.1) is 0 Å². The lowest BCUT2D eigenvalue weighted by molar-refractivity contribution is -0.135. The minimum absolute atomic E-state index is 0.289. The number of urea groups is 1. The first-order chi connectivity index (χ1) is 11.5. The second kappa shape index (κ2) is 6.42. The second-order valence-corrected chi connectivity index (χ2v) is 6.86. The first-order valence-electron chi connectivity index (χ1n) is 7.91. The van der Waals surface area contributed by atoms with E-state index in [1.165, 1.54) is 6.92 Å². The molecule has 8 heteroatoms. The Balaban J connectivity index is 2.25. The molecule has 0 aliphatic carbocycles. The van der Waals surface area contributed by atoms with Gasteiger partial charge in [-0.1, -0.05) is 6.92 Å². The summed E-state index contributed by atoms with van der Waals surface area (Å²) in [6, 6.07) is 1.83. The lowest BCUT2D eigenvalue weighted by Gasteiger charge is -2.26. The molecule has 0 spiro atoms. The van der Waals surface area contributed by atoms with Gasteiger partial charge in [0.25, 0.3) is 5.91 Å². The maximum absolute atomic E-state index is 14.1. The van der Waals surface area contributed by atoms with Crippen molar-refractivity contribution in [2.75, 3.05) is 6.54 Å². The van der Waals surface area contributed by atoms with Crippen LogP contribution in [0.1, 0.15) is 39.7 Å². The minimum atomic E-state index is -1.77. The third-order valence-corrected chi connectivity index (χ3v) is 4.41. The van der Waals surface area contributed by atoms with Crippen molar-refractivity contribution < 1.29 is 23.2 Å². The molecule has 1 saturated heterocycles. The fraction of sp³-hybridized carbons (Fsp3) is 0.471. The Labute approximate surface area is 144 Å². The highest BCUT2D eigenvalue weighted by Gasteiger charge is 2.51. The standard InChI is InChI=1S/C17H21F2N3O3/c1-5-16(2,3)20-13(23)9-22-14(24)17(4,21-15(22)25)11-8-10(18)6-7-12(11)19/h6-8H,5,9H2,1-4H3,(H,20,23)(H,21,25). The monoisotopic (exact) mass is 353 g/mol. The summed E-state index contributed by atoms with van der Waals surface area (Å²) in [7, 11) is 0. The maximum Gasteiger partial charge on any atom is 0.325 e. The summed E-state index contributed by atoms with van der Waals surface area (Å²) in [4.78, 5) is 37.6. The zero-order valence-electron chi connectivity index (χ0n) is 14.6. The zero-order valence-corrected chi connectivity index (χ0v) is 14.6. The molecule has 0 radical (unpaired) electrons. The van der Waals surface area contributed by atoms with Crippen LogP contribution >= 0.6 is 0 Å². The van der Waals surface area contributed by atoms with E-state index < -0.39 is 47.1 Å². The topological polar surface area (TPSA) is 78.5 Å². The number of amides is 4. The molecule has 1 fully saturated rings. The molecule has 1 heterocycles. The molecule has 2 N–H and O–H groups in total. The van der Waals surface area contributed by atoms with E-state index in [1.54, 1.807) is 0 Å². The minimum Gasteiger partial charge on any atom is -0.350 e. The van der Waals surface area contributed by atoms with Crippen molar-refractivity contribution in [3.63, 3.8) is 0 Å². The van der Waals surface area contributed by atoms with Crippen LogP contribution in [0.2, 0.25) is 0 Å². The number of hydrogen-bond acceptors (Lipinski definition) is 3. The molecule has 1 aliphatic rings. The van der Waals surface area contributed by atoms with Crippen LogP contribution in [0.15, 0.2) is 18.2 Å². The van der Waals surface area contributed by atoms with Gasteiger partial charge in [0.2, 0.25) is 5.91 Å². The fourth-order valence-corrected chi connectivity index (χ4v) is 2.55. The van der Waals surface area contributed by atoms with Gasteiger partial charge in [-0.25, -0.2) is 13.6 Å². The second-order valence-electron chi connectivity index (χ2n) is 6.86. The van der Waals surface area contributed by atoms with Crippen LogP contribution in [0.4, 0.5) is 13.6 Å². The Morgan fingerprint density at radius 3 is 2.56 bits per heavy atom. The molecular formula is C17H21F2N3O3. The van der Waals surface area contributed by atoms with Crippen LogP contribution in [-0.4, -0.2) is 34.8 Å². The van der Waals surface area contributed by atoms with Gasteiger partial charge >= 0.3 is 6.03 Å². The fourth-order valence-electron chi connectivity index (χ4n) is 2.55. The van der Waals surface area contributed by atoms with Crippen LogP contribution in [0.3, 0.4) is 0 Å². The van der Waals surface area contributed by atoms with Crippen molar-refractivity contribution in [2.45, 2.75) is 45.2 Å². The molecule has 25 heavy (non-hydrogen) atoms. The van der Waals surface area contributed by atoms with E-state index in [0.29, 0.717) is 11.3 Å². The Morgan fingerprint density at radius 1 is 1.32 bits per heavy atom. The van der Waals surface area contributed by atoms with Gasteiger partial charge in [-0.05, 0) is 45.4 Å². The number of benzene rings is 1. The number of rotatable bonds is 5. The molecule has 0 aromatic heterocycles. The van der Waals surface area contributed by atoms with Crippen molar-refractivity contribution >= 4 is 17.8 Å². The Morgan fingerprint density at radius 2 is 1.96 bits per heavy atom. The molecule has 1 aliphatic heterocycles. The highest BCUT2D eigenvalue weighted by molar-refractivity contribution is 6.09. The number of nitrogens with zero attached hydrogens (tertiary/aromatic N) is 1. The number of carbonyl (C=O) groups is 3. The van der Waals surface area contributed by atoms with Crippen LogP contribution < -0.4 is 10.6 Å². The molecule has 0 saturated carbocycles. The van der Waals surface area contributed by atoms with Gasteiger partial charge in [-0.2, -0.15) is 0 Å². The van der Waals surface area contributed by atoms with E-state index in [1.807, 2.05) is 20.8 Å². The lowest BCUT2D eigenvalue weighted by atomic mass is 9.91. The summed E-state index contributed by atoms with van der Waals surface area (Å²) in [6.07, 6.45) is 0.658. The van der Waals surface area contributed by atoms with Crippen molar-refractivity contribution in [1.29, 1.82) is 0 Å². The lowest BCUT2D eigenvalue weighted by Crippen LogP contribution is -2.49. The average molecular weight is 353 g/mol. The third kappa shape index (κ3) is 3.62. The van der Waals surface area contributed by atoms with E-state index in [2.05, 4.69) is 10.6 Å². The van der Waals surface area contributed by atoms with Crippen LogP contribution in [0.5, 0.6) is 0 Å². The zero-order chi connectivity index (χ0) is 19.0. The summed E-state index contributed by atoms with van der Waals surface area (Å²) in [6.45, 7) is 6.28. The molecule has 4 amide bonds. The summed E-state index contributed by atoms with van der Waals surface area (Å²) in [5.74, 6) is -2.89. The van der Waals surface area contributed by atoms with E-state index in [0.717, 1.165) is 18.2 Å². The number of imide groups is 1. The van der Waals surface area contributed by atoms with Gasteiger partial charge in [-0.3, -0.25) is 14.5 Å². The van der Waals surface area contributed by atoms with Crippen LogP contribution in [-0.2, 0) is 15.1 Å². The van der Waals surface area contributed by atoms with Crippen LogP contribution in [0.25, 0.3) is 0 Å². The number of hydrogen-bond donors (Lipinski definition) is 2. The molecule has 0 bridgehead atoms. The highest BCUT2D eigenvalue weighted by atomic mass is 19.1. The van der Waals surface area contributed by atoms with E-state index >= 15 is 0 Å². The summed E-state index contributed by atoms with van der Waals surface area (Å²) < 4.78 is 27.5. The average Bonchev–Trinajstić information content (AvgIpc) is 2.73. The molecule has 2 rings (SSSR count). The van der Waals surface area contributed by atoms with E-state index in [4.69, 9.17) is 0 Å². The summed E-state index contributed by atoms with van der Waals surface area (Å²) in [5.41, 5.74) is -2.55. The van der Waals surface area contributed by atoms with Crippen molar-refractivity contribution in [3.05, 3.63) is 35.4 Å². The molecule has 6 nitrogen and oxygen atoms in total. The Hall–Kier alpha value is -2.51. The highest BCUT2D eigenvalue weighted by Crippen LogP contribution is 2.31. The summed E-state index contributed by atoms with van der Waals surface area (Å²) >= 11 is 0. The molecule has 1 atom stereocenters. The molecular weight excluding hydrogens is 332 g/mol. The normalized spacial score (nSPS) is 20.6. The van der Waals surface area contributed by atoms with Gasteiger partial charge in [-0.15, -0.1) is 0 Å². The first kappa shape index (κ1) is 18.8. The first-order valence-corrected chi connectivity index (χ1v) is 7.91. The molecule has 1 aromatic rings. The quantitative estimate of drug-likeness (QED) is 0.795. The Kier molecular flexibility index (Phi) is 4.83. The molecule has 136 valence electrons. The van der Waals surface area contributed by atoms with Crippen molar-refractivity contribution in [1.82, 2.24) is 15.5 Å². The van der Waals surface area contributed by atoms with Crippen molar-refractivity contribution in [3.8, 4) is 0 Å². The number of nitrogens with one attached hydrogen (secondary N) is 2. The van der Waals surface area contributed by atoms with Crippen molar-refractivity contribution in [2.24, 2.45) is 0 Å². The molecule has 1 unspecified atom stereocenters. The van der Waals surface area contributed by atoms with Crippen LogP contribution in [0, 0.1) is 11.6 Å². The number of halogens is 2. The molecule has 1 aromatic carbocycles.